The van der Waals surface area contributed by atoms with Crippen LogP contribution in [-0.2, 0) is 35.0 Å². The molecule has 0 spiro atoms. The number of hydrogen-bond acceptors (Lipinski definition) is 8. The van der Waals surface area contributed by atoms with Crippen molar-refractivity contribution in [3.63, 3.8) is 0 Å². The largest absolute Gasteiger partial charge is 0.458 e. The highest BCUT2D eigenvalue weighted by molar-refractivity contribution is 7.19. The summed E-state index contributed by atoms with van der Waals surface area (Å²) in [6, 6.07) is 18.3. The number of carbonyl (C=O) groups excluding carboxylic acids is 3. The minimum absolute atomic E-state index is 0.246. The van der Waals surface area contributed by atoms with Crippen LogP contribution in [0.25, 0.3) is 21.3 Å². The molecule has 3 heterocycles. The van der Waals surface area contributed by atoms with E-state index < -0.39 is 41.9 Å². The van der Waals surface area contributed by atoms with E-state index in [9.17, 15) is 14.4 Å². The van der Waals surface area contributed by atoms with Gasteiger partial charge in [-0.2, -0.15) is 0 Å². The fourth-order valence-corrected chi connectivity index (χ4v) is 6.99. The van der Waals surface area contributed by atoms with Gasteiger partial charge < -0.3 is 18.9 Å². The van der Waals surface area contributed by atoms with Crippen LogP contribution in [0.2, 0.25) is 0 Å². The molecule has 45 heavy (non-hydrogen) atoms. The molecule has 5 rings (SSSR count). The van der Waals surface area contributed by atoms with Gasteiger partial charge in [0.15, 0.2) is 6.10 Å². The summed E-state index contributed by atoms with van der Waals surface area (Å²) in [4.78, 5) is 39.2. The quantitative estimate of drug-likeness (QED) is 0.150. The number of aryl methyl sites for hydroxylation is 1. The Bertz CT molecular complexity index is 1680. The SMILES string of the molecule is CC[C@@H]1C[C@H](OC(C)=O)[C@@H](OC(C)=O)[C@H](c2cc(Cc3cc4ccccc4s3)c(C)cc2-c2cccn2C(=O)OC(C)(C)C)O1. The Hall–Kier alpha value is -3.95. The summed E-state index contributed by atoms with van der Waals surface area (Å²) in [6.45, 7) is 12.2. The second-order valence-corrected chi connectivity index (χ2v) is 13.7. The minimum atomic E-state index is -0.891. The number of rotatable bonds is 7. The van der Waals surface area contributed by atoms with E-state index in [0.29, 0.717) is 25.0 Å². The molecule has 1 saturated heterocycles. The Morgan fingerprint density at radius 3 is 2.40 bits per heavy atom. The zero-order chi connectivity index (χ0) is 32.5. The van der Waals surface area contributed by atoms with Gasteiger partial charge >= 0.3 is 18.0 Å². The number of nitrogens with zero attached hydrogens (tertiary/aromatic N) is 1. The highest BCUT2D eigenvalue weighted by Crippen LogP contribution is 2.42. The molecule has 9 heteroatoms. The molecule has 0 N–H and O–H groups in total. The lowest BCUT2D eigenvalue weighted by Gasteiger charge is -2.41. The summed E-state index contributed by atoms with van der Waals surface area (Å²) in [5.74, 6) is -0.960. The van der Waals surface area contributed by atoms with Crippen molar-refractivity contribution < 1.29 is 33.3 Å². The summed E-state index contributed by atoms with van der Waals surface area (Å²) in [5.41, 5.74) is 3.51. The Morgan fingerprint density at radius 1 is 1.00 bits per heavy atom. The maximum Gasteiger partial charge on any atom is 0.418 e. The van der Waals surface area contributed by atoms with Gasteiger partial charge in [-0.1, -0.05) is 31.2 Å². The molecule has 8 nitrogen and oxygen atoms in total. The van der Waals surface area contributed by atoms with E-state index in [-0.39, 0.29) is 6.10 Å². The second-order valence-electron chi connectivity index (χ2n) is 12.6. The predicted octanol–water partition coefficient (Wildman–Crippen LogP) is 8.16. The second kappa shape index (κ2) is 13.2. The van der Waals surface area contributed by atoms with Crippen molar-refractivity contribution in [1.29, 1.82) is 0 Å². The molecular weight excluding hydrogens is 590 g/mol. The fourth-order valence-electron chi connectivity index (χ4n) is 5.90. The van der Waals surface area contributed by atoms with Crippen molar-refractivity contribution in [2.45, 2.75) is 97.7 Å². The number of ether oxygens (including phenoxy) is 4. The molecule has 0 amide bonds. The molecule has 238 valence electrons. The lowest BCUT2D eigenvalue weighted by Crippen LogP contribution is -2.47. The van der Waals surface area contributed by atoms with Gasteiger partial charge in [0.2, 0.25) is 0 Å². The molecule has 2 aromatic carbocycles. The van der Waals surface area contributed by atoms with Crippen LogP contribution in [0.4, 0.5) is 4.79 Å². The Morgan fingerprint density at radius 2 is 1.73 bits per heavy atom. The first-order chi connectivity index (χ1) is 21.3. The zero-order valence-corrected chi connectivity index (χ0v) is 27.7. The molecule has 1 aliphatic heterocycles. The first-order valence-electron chi connectivity index (χ1n) is 15.3. The van der Waals surface area contributed by atoms with Crippen LogP contribution in [0.1, 0.15) is 82.1 Å². The third-order valence-electron chi connectivity index (χ3n) is 7.84. The molecule has 1 aliphatic rings. The van der Waals surface area contributed by atoms with Crippen molar-refractivity contribution in [1.82, 2.24) is 4.57 Å². The fraction of sp³-hybridized carbons (Fsp3) is 0.417. The standard InChI is InChI=1S/C36H41NO7S/c1-8-26-20-31(41-22(3)38)34(42-23(4)39)33(43-26)29-19-25(18-27-17-24-12-9-10-14-32(24)45-27)21(2)16-28(29)30-13-11-15-37(30)35(40)44-36(5,6)7/h9-17,19,26,31,33-34H,8,18,20H2,1-7H3/t26-,31+,33+,34-/m1/s1. The molecule has 0 radical (unpaired) electrons. The van der Waals surface area contributed by atoms with Gasteiger partial charge in [-0.05, 0) is 86.5 Å². The number of thiophene rings is 1. The number of hydrogen-bond donors (Lipinski definition) is 0. The van der Waals surface area contributed by atoms with Crippen molar-refractivity contribution in [2.24, 2.45) is 0 Å². The number of fused-ring (bicyclic) bond motifs is 1. The van der Waals surface area contributed by atoms with Crippen LogP contribution in [0.15, 0.2) is 60.8 Å². The highest BCUT2D eigenvalue weighted by Gasteiger charge is 2.44. The molecule has 2 aromatic heterocycles. The first kappa shape index (κ1) is 32.4. The van der Waals surface area contributed by atoms with Crippen LogP contribution in [0.3, 0.4) is 0 Å². The van der Waals surface area contributed by atoms with E-state index in [2.05, 4.69) is 37.3 Å². The predicted molar refractivity (Wildman–Crippen MR) is 174 cm³/mol. The molecule has 0 aliphatic carbocycles. The molecular formula is C36H41NO7S. The van der Waals surface area contributed by atoms with Gasteiger partial charge in [0.05, 0.1) is 11.8 Å². The van der Waals surface area contributed by atoms with Gasteiger partial charge in [0, 0.05) is 48.0 Å². The number of benzene rings is 2. The van der Waals surface area contributed by atoms with Gasteiger partial charge in [-0.15, -0.1) is 11.3 Å². The van der Waals surface area contributed by atoms with Gasteiger partial charge in [0.25, 0.3) is 0 Å². The van der Waals surface area contributed by atoms with E-state index in [0.717, 1.165) is 22.3 Å². The van der Waals surface area contributed by atoms with Crippen LogP contribution in [0, 0.1) is 6.92 Å². The van der Waals surface area contributed by atoms with Crippen LogP contribution >= 0.6 is 11.3 Å². The minimum Gasteiger partial charge on any atom is -0.458 e. The number of aromatic nitrogens is 1. The highest BCUT2D eigenvalue weighted by atomic mass is 32.1. The van der Waals surface area contributed by atoms with E-state index >= 15 is 0 Å². The molecule has 1 fully saturated rings. The summed E-state index contributed by atoms with van der Waals surface area (Å²) in [6.07, 6.45) is 0.312. The lowest BCUT2D eigenvalue weighted by molar-refractivity contribution is -0.208. The van der Waals surface area contributed by atoms with Crippen LogP contribution in [-0.4, -0.2) is 46.5 Å². The van der Waals surface area contributed by atoms with Crippen molar-refractivity contribution in [2.75, 3.05) is 0 Å². The summed E-state index contributed by atoms with van der Waals surface area (Å²) in [7, 11) is 0. The monoisotopic (exact) mass is 631 g/mol. The molecule has 4 atom stereocenters. The maximum absolute atomic E-state index is 13.3. The van der Waals surface area contributed by atoms with Gasteiger partial charge in [0.1, 0.15) is 17.8 Å². The van der Waals surface area contributed by atoms with E-state index in [4.69, 9.17) is 18.9 Å². The summed E-state index contributed by atoms with van der Waals surface area (Å²) in [5, 5.41) is 1.20. The van der Waals surface area contributed by atoms with Crippen molar-refractivity contribution in [3.05, 3.63) is 82.4 Å². The summed E-state index contributed by atoms with van der Waals surface area (Å²) < 4.78 is 26.7. The van der Waals surface area contributed by atoms with Gasteiger partial charge in [-0.25, -0.2) is 4.79 Å². The molecule has 0 bridgehead atoms. The third-order valence-corrected chi connectivity index (χ3v) is 8.96. The van der Waals surface area contributed by atoms with E-state index in [1.165, 1.54) is 33.4 Å². The average molecular weight is 632 g/mol. The molecule has 4 aromatic rings. The van der Waals surface area contributed by atoms with Crippen molar-refractivity contribution >= 4 is 39.5 Å². The smallest absolute Gasteiger partial charge is 0.418 e. The normalized spacial score (nSPS) is 20.2. The zero-order valence-electron chi connectivity index (χ0n) is 26.9. The number of carbonyl (C=O) groups is 3. The maximum atomic E-state index is 13.3. The molecule has 0 saturated carbocycles. The average Bonchev–Trinajstić information content (AvgIpc) is 3.60. The third kappa shape index (κ3) is 7.48. The van der Waals surface area contributed by atoms with Crippen LogP contribution in [0.5, 0.6) is 0 Å². The van der Waals surface area contributed by atoms with Crippen molar-refractivity contribution in [3.8, 4) is 11.3 Å². The van der Waals surface area contributed by atoms with E-state index in [1.807, 2.05) is 45.9 Å². The van der Waals surface area contributed by atoms with Gasteiger partial charge in [-0.3, -0.25) is 14.2 Å². The van der Waals surface area contributed by atoms with Crippen LogP contribution < -0.4 is 0 Å². The lowest BCUT2D eigenvalue weighted by atomic mass is 9.86. The Labute approximate surface area is 268 Å². The van der Waals surface area contributed by atoms with E-state index in [1.54, 1.807) is 23.6 Å². The topological polar surface area (TPSA) is 93.1 Å². The number of esters is 2. The molecule has 0 unspecified atom stereocenters. The first-order valence-corrected chi connectivity index (χ1v) is 16.2. The Balaban J connectivity index is 1.68. The summed E-state index contributed by atoms with van der Waals surface area (Å²) >= 11 is 1.75. The Kier molecular flexibility index (Phi) is 9.51.